The average Bonchev–Trinajstić information content (AvgIpc) is 2.39. The number of likely N-dealkylation sites (tertiary alicyclic amines) is 1. The third-order valence-corrected chi connectivity index (χ3v) is 4.05. The maximum absolute atomic E-state index is 5.59. The lowest BCUT2D eigenvalue weighted by molar-refractivity contribution is 0.151. The van der Waals surface area contributed by atoms with Gasteiger partial charge in [0.1, 0.15) is 5.75 Å². The molecule has 1 fully saturated rings. The third-order valence-electron chi connectivity index (χ3n) is 4.05. The van der Waals surface area contributed by atoms with Gasteiger partial charge in [-0.1, -0.05) is 12.1 Å². The highest BCUT2D eigenvalue weighted by molar-refractivity contribution is 5.30. The Morgan fingerprint density at radius 1 is 1.42 bits per heavy atom. The quantitative estimate of drug-likeness (QED) is 0.881. The average molecular weight is 262 g/mol. The number of likely N-dealkylation sites (N-methyl/N-ethyl adjacent to an activating group) is 2. The van der Waals surface area contributed by atoms with E-state index in [0.29, 0.717) is 0 Å². The van der Waals surface area contributed by atoms with E-state index in [2.05, 4.69) is 42.5 Å². The van der Waals surface area contributed by atoms with Crippen molar-refractivity contribution >= 4 is 0 Å². The van der Waals surface area contributed by atoms with E-state index < -0.39 is 0 Å². The maximum Gasteiger partial charge on any atom is 0.119 e. The Hall–Kier alpha value is -1.06. The normalized spacial score (nSPS) is 24.4. The first-order valence-corrected chi connectivity index (χ1v) is 7.27. The Balaban J connectivity index is 2.11. The van der Waals surface area contributed by atoms with Crippen molar-refractivity contribution in [3.8, 4) is 5.75 Å². The fraction of sp³-hybridized carbons (Fsp3) is 0.625. The van der Waals surface area contributed by atoms with Crippen molar-refractivity contribution in [3.05, 3.63) is 29.8 Å². The Morgan fingerprint density at radius 2 is 2.26 bits per heavy atom. The molecule has 1 aromatic carbocycles. The van der Waals surface area contributed by atoms with Gasteiger partial charge >= 0.3 is 0 Å². The molecule has 106 valence electrons. The van der Waals surface area contributed by atoms with E-state index in [1.54, 1.807) is 0 Å². The van der Waals surface area contributed by atoms with Crippen molar-refractivity contribution < 1.29 is 4.74 Å². The highest BCUT2D eigenvalue weighted by atomic mass is 16.5. The van der Waals surface area contributed by atoms with Crippen molar-refractivity contribution in [3.63, 3.8) is 0 Å². The smallest absolute Gasteiger partial charge is 0.119 e. The van der Waals surface area contributed by atoms with Gasteiger partial charge in [-0.3, -0.25) is 0 Å². The summed E-state index contributed by atoms with van der Waals surface area (Å²) in [6.45, 7) is 5.08. The lowest BCUT2D eigenvalue weighted by Crippen LogP contribution is -2.56. The summed E-state index contributed by atoms with van der Waals surface area (Å²) in [7, 11) is 4.30. The minimum absolute atomic E-state index is 0.206. The molecule has 1 aliphatic rings. The number of benzene rings is 1. The van der Waals surface area contributed by atoms with Crippen LogP contribution in [0, 0.1) is 0 Å². The molecule has 0 radical (unpaired) electrons. The van der Waals surface area contributed by atoms with Crippen LogP contribution in [-0.2, 0) is 6.42 Å². The highest BCUT2D eigenvalue weighted by Gasteiger charge is 2.32. The lowest BCUT2D eigenvalue weighted by atomic mass is 9.83. The van der Waals surface area contributed by atoms with Crippen LogP contribution in [0.25, 0.3) is 0 Å². The fourth-order valence-corrected chi connectivity index (χ4v) is 3.10. The maximum atomic E-state index is 5.59. The number of piperidine rings is 1. The van der Waals surface area contributed by atoms with Crippen molar-refractivity contribution in [2.24, 2.45) is 0 Å². The van der Waals surface area contributed by atoms with E-state index >= 15 is 0 Å². The van der Waals surface area contributed by atoms with Crippen LogP contribution < -0.4 is 10.1 Å². The summed E-state index contributed by atoms with van der Waals surface area (Å²) in [5, 5.41) is 3.57. The lowest BCUT2D eigenvalue weighted by Gasteiger charge is -2.41. The van der Waals surface area contributed by atoms with Crippen molar-refractivity contribution in [1.29, 1.82) is 0 Å². The first kappa shape index (κ1) is 14.4. The minimum Gasteiger partial charge on any atom is -0.494 e. The number of hydrogen-bond donors (Lipinski definition) is 1. The summed E-state index contributed by atoms with van der Waals surface area (Å²) >= 11 is 0. The van der Waals surface area contributed by atoms with Crippen LogP contribution in [-0.4, -0.2) is 44.2 Å². The first-order chi connectivity index (χ1) is 9.17. The largest absolute Gasteiger partial charge is 0.494 e. The number of ether oxygens (including phenoxy) is 1. The van der Waals surface area contributed by atoms with E-state index in [0.717, 1.165) is 25.3 Å². The predicted octanol–water partition coefficient (Wildman–Crippen LogP) is 2.31. The molecule has 3 nitrogen and oxygen atoms in total. The molecule has 0 bridgehead atoms. The number of nitrogens with zero attached hydrogens (tertiary/aromatic N) is 1. The summed E-state index contributed by atoms with van der Waals surface area (Å²) in [5.74, 6) is 0.982. The van der Waals surface area contributed by atoms with Gasteiger partial charge in [0.15, 0.2) is 0 Å². The summed E-state index contributed by atoms with van der Waals surface area (Å²) in [6, 6.07) is 8.51. The molecule has 1 unspecified atom stereocenters. The topological polar surface area (TPSA) is 24.5 Å². The Morgan fingerprint density at radius 3 is 2.95 bits per heavy atom. The molecule has 1 N–H and O–H groups in total. The van der Waals surface area contributed by atoms with Gasteiger partial charge in [-0.05, 0) is 64.5 Å². The van der Waals surface area contributed by atoms with E-state index in [1.165, 1.54) is 24.9 Å². The van der Waals surface area contributed by atoms with Gasteiger partial charge in [0.25, 0.3) is 0 Å². The van der Waals surface area contributed by atoms with Crippen LogP contribution in [0.5, 0.6) is 5.75 Å². The Bertz CT molecular complexity index is 407. The molecule has 0 amide bonds. The summed E-state index contributed by atoms with van der Waals surface area (Å²) < 4.78 is 5.59. The Kier molecular flexibility index (Phi) is 4.83. The third kappa shape index (κ3) is 3.71. The van der Waals surface area contributed by atoms with Gasteiger partial charge in [0.2, 0.25) is 0 Å². The van der Waals surface area contributed by atoms with Crippen LogP contribution in [0.3, 0.4) is 0 Å². The molecule has 1 aliphatic heterocycles. The molecule has 19 heavy (non-hydrogen) atoms. The first-order valence-electron chi connectivity index (χ1n) is 7.27. The van der Waals surface area contributed by atoms with E-state index in [-0.39, 0.29) is 5.54 Å². The summed E-state index contributed by atoms with van der Waals surface area (Å²) in [4.78, 5) is 2.42. The van der Waals surface area contributed by atoms with Crippen LogP contribution in [0.2, 0.25) is 0 Å². The zero-order valence-electron chi connectivity index (χ0n) is 12.4. The number of nitrogens with one attached hydrogen (secondary N) is 1. The fourth-order valence-electron chi connectivity index (χ4n) is 3.10. The van der Waals surface area contributed by atoms with Crippen molar-refractivity contribution in [2.75, 3.05) is 33.8 Å². The standard InChI is InChI=1S/C16H26N2O/c1-4-19-15-8-5-7-14(11-15)12-16(17-2)9-6-10-18(3)13-16/h5,7-8,11,17H,4,6,9-10,12-13H2,1-3H3. The van der Waals surface area contributed by atoms with Crippen molar-refractivity contribution in [1.82, 2.24) is 10.2 Å². The monoisotopic (exact) mass is 262 g/mol. The van der Waals surface area contributed by atoms with Gasteiger partial charge in [-0.2, -0.15) is 0 Å². The zero-order valence-corrected chi connectivity index (χ0v) is 12.4. The SMILES string of the molecule is CCOc1cccc(CC2(NC)CCCN(C)C2)c1. The molecule has 1 aromatic rings. The molecule has 0 aliphatic carbocycles. The molecule has 2 rings (SSSR count). The minimum atomic E-state index is 0.206. The van der Waals surface area contributed by atoms with Crippen LogP contribution in [0.15, 0.2) is 24.3 Å². The second-order valence-corrected chi connectivity index (χ2v) is 5.63. The second-order valence-electron chi connectivity index (χ2n) is 5.63. The zero-order chi connectivity index (χ0) is 13.7. The molecule has 1 heterocycles. The molecule has 1 atom stereocenters. The van der Waals surface area contributed by atoms with Crippen LogP contribution >= 0.6 is 0 Å². The molecular weight excluding hydrogens is 236 g/mol. The van der Waals surface area contributed by atoms with Gasteiger partial charge in [-0.25, -0.2) is 0 Å². The summed E-state index contributed by atoms with van der Waals surface area (Å²) in [6.07, 6.45) is 3.57. The molecule has 3 heteroatoms. The van der Waals surface area contributed by atoms with E-state index in [4.69, 9.17) is 4.74 Å². The van der Waals surface area contributed by atoms with Crippen LogP contribution in [0.4, 0.5) is 0 Å². The predicted molar refractivity (Wildman–Crippen MR) is 79.8 cm³/mol. The molecule has 0 aromatic heterocycles. The molecule has 0 saturated carbocycles. The molecule has 0 spiro atoms. The number of hydrogen-bond acceptors (Lipinski definition) is 3. The molecule has 1 saturated heterocycles. The summed E-state index contributed by atoms with van der Waals surface area (Å²) in [5.41, 5.74) is 1.56. The van der Waals surface area contributed by atoms with E-state index in [1.807, 2.05) is 13.0 Å². The van der Waals surface area contributed by atoms with Gasteiger partial charge in [0.05, 0.1) is 6.61 Å². The number of rotatable bonds is 5. The molecular formula is C16H26N2O. The van der Waals surface area contributed by atoms with Gasteiger partial charge in [0, 0.05) is 12.1 Å². The van der Waals surface area contributed by atoms with Crippen molar-refractivity contribution in [2.45, 2.75) is 31.7 Å². The Labute approximate surface area is 116 Å². The van der Waals surface area contributed by atoms with Crippen LogP contribution in [0.1, 0.15) is 25.3 Å². The highest BCUT2D eigenvalue weighted by Crippen LogP contribution is 2.26. The van der Waals surface area contributed by atoms with Gasteiger partial charge in [-0.15, -0.1) is 0 Å². The van der Waals surface area contributed by atoms with E-state index in [9.17, 15) is 0 Å². The second kappa shape index (κ2) is 6.40. The van der Waals surface area contributed by atoms with Gasteiger partial charge < -0.3 is 15.0 Å².